The third-order valence-electron chi connectivity index (χ3n) is 4.55. The number of piperidine rings is 1. The van der Waals surface area contributed by atoms with Gasteiger partial charge in [0.05, 0.1) is 0 Å². The van der Waals surface area contributed by atoms with Gasteiger partial charge in [-0.25, -0.2) is 4.79 Å². The maximum Gasteiger partial charge on any atom is 0.407 e. The van der Waals surface area contributed by atoms with Crippen LogP contribution < -0.4 is 0 Å². The zero-order valence-corrected chi connectivity index (χ0v) is 11.9. The number of hydrogen-bond donors (Lipinski definition) is 1. The van der Waals surface area contributed by atoms with Crippen LogP contribution in [-0.2, 0) is 0 Å². The molecule has 1 heterocycles. The molecule has 1 N–H and O–H groups in total. The molecule has 0 aromatic heterocycles. The Balaban J connectivity index is 1.81. The Labute approximate surface area is 122 Å². The summed E-state index contributed by atoms with van der Waals surface area (Å²) in [6.45, 7) is 1.03. The van der Waals surface area contributed by atoms with E-state index >= 15 is 0 Å². The third kappa shape index (κ3) is 1.83. The Morgan fingerprint density at radius 3 is 2.32 bits per heavy atom. The molecule has 0 bridgehead atoms. The second-order valence-corrected chi connectivity index (χ2v) is 6.78. The van der Waals surface area contributed by atoms with E-state index in [4.69, 9.17) is 28.3 Å². The predicted octanol–water partition coefficient (Wildman–Crippen LogP) is 3.72. The fourth-order valence-electron chi connectivity index (χ4n) is 3.40. The molecule has 3 nitrogen and oxygen atoms in total. The van der Waals surface area contributed by atoms with Gasteiger partial charge in [0.1, 0.15) is 4.33 Å². The minimum Gasteiger partial charge on any atom is -0.465 e. The zero-order valence-electron chi connectivity index (χ0n) is 10.4. The van der Waals surface area contributed by atoms with E-state index in [2.05, 4.69) is 0 Å². The number of nitrogens with zero attached hydrogens (tertiary/aromatic N) is 1. The Morgan fingerprint density at radius 2 is 1.79 bits per heavy atom. The van der Waals surface area contributed by atoms with E-state index in [9.17, 15) is 4.79 Å². The molecule has 2 fully saturated rings. The first-order valence-electron chi connectivity index (χ1n) is 6.40. The van der Waals surface area contributed by atoms with Gasteiger partial charge >= 0.3 is 6.09 Å². The standard InChI is InChI=1S/C14H15Cl2NO2/c15-14(16)11(10-4-2-1-3-5-10)13(14)6-8-17(9-7-13)12(18)19/h1-5,11H,6-9H2,(H,18,19)/t11-/m1/s1. The van der Waals surface area contributed by atoms with Gasteiger partial charge in [-0.2, -0.15) is 0 Å². The summed E-state index contributed by atoms with van der Waals surface area (Å²) in [5.41, 5.74) is 0.986. The van der Waals surface area contributed by atoms with Crippen molar-refractivity contribution in [3.63, 3.8) is 0 Å². The Hall–Kier alpha value is -0.930. The molecule has 1 spiro atoms. The van der Waals surface area contributed by atoms with Gasteiger partial charge < -0.3 is 10.0 Å². The number of alkyl halides is 2. The number of carboxylic acid groups (broad SMARTS) is 1. The van der Waals surface area contributed by atoms with Crippen LogP contribution in [0.1, 0.15) is 24.3 Å². The third-order valence-corrected chi connectivity index (χ3v) is 5.74. The minimum absolute atomic E-state index is 0.112. The van der Waals surface area contributed by atoms with Gasteiger partial charge in [-0.1, -0.05) is 30.3 Å². The lowest BCUT2D eigenvalue weighted by molar-refractivity contribution is 0.119. The molecule has 3 rings (SSSR count). The molecule has 1 saturated heterocycles. The maximum atomic E-state index is 11.0. The number of halogens is 2. The highest BCUT2D eigenvalue weighted by atomic mass is 35.5. The molecule has 2 aliphatic rings. The smallest absolute Gasteiger partial charge is 0.407 e. The van der Waals surface area contributed by atoms with Crippen LogP contribution in [0.15, 0.2) is 30.3 Å². The molecule has 19 heavy (non-hydrogen) atoms. The summed E-state index contributed by atoms with van der Waals surface area (Å²) in [5.74, 6) is 0.112. The maximum absolute atomic E-state index is 11.0. The fourth-order valence-corrected chi connectivity index (χ4v) is 4.56. The Kier molecular flexibility index (Phi) is 2.95. The summed E-state index contributed by atoms with van der Waals surface area (Å²) in [4.78, 5) is 12.4. The Morgan fingerprint density at radius 1 is 1.21 bits per heavy atom. The molecule has 1 saturated carbocycles. The molecule has 1 atom stereocenters. The summed E-state index contributed by atoms with van der Waals surface area (Å²) >= 11 is 13.0. The molecule has 1 aliphatic carbocycles. The summed E-state index contributed by atoms with van der Waals surface area (Å²) in [6.07, 6.45) is 0.596. The summed E-state index contributed by atoms with van der Waals surface area (Å²) in [6, 6.07) is 10.0. The van der Waals surface area contributed by atoms with E-state index in [1.54, 1.807) is 0 Å². The van der Waals surface area contributed by atoms with Crippen LogP contribution in [0.3, 0.4) is 0 Å². The van der Waals surface area contributed by atoms with Crippen molar-refractivity contribution in [2.75, 3.05) is 13.1 Å². The summed E-state index contributed by atoms with van der Waals surface area (Å²) in [5, 5.41) is 9.00. The topological polar surface area (TPSA) is 40.5 Å². The molecule has 1 aliphatic heterocycles. The minimum atomic E-state index is -0.860. The average Bonchev–Trinajstić information content (AvgIpc) is 2.86. The van der Waals surface area contributed by atoms with E-state index in [1.807, 2.05) is 30.3 Å². The van der Waals surface area contributed by atoms with Gasteiger partial charge in [0.15, 0.2) is 0 Å². The first-order chi connectivity index (χ1) is 8.99. The van der Waals surface area contributed by atoms with Crippen LogP contribution in [0.4, 0.5) is 4.79 Å². The zero-order chi connectivity index (χ0) is 13.7. The Bertz CT molecular complexity index is 495. The van der Waals surface area contributed by atoms with Crippen molar-refractivity contribution in [2.45, 2.75) is 23.1 Å². The average molecular weight is 300 g/mol. The normalized spacial score (nSPS) is 27.3. The molecular formula is C14H15Cl2NO2. The highest BCUT2D eigenvalue weighted by Gasteiger charge is 2.75. The van der Waals surface area contributed by atoms with Crippen molar-refractivity contribution in [3.05, 3.63) is 35.9 Å². The van der Waals surface area contributed by atoms with Crippen LogP contribution in [0.5, 0.6) is 0 Å². The second-order valence-electron chi connectivity index (χ2n) is 5.39. The second kappa shape index (κ2) is 4.29. The van der Waals surface area contributed by atoms with E-state index < -0.39 is 10.4 Å². The number of hydrogen-bond acceptors (Lipinski definition) is 1. The molecular weight excluding hydrogens is 285 g/mol. The van der Waals surface area contributed by atoms with Gasteiger partial charge in [0.2, 0.25) is 0 Å². The van der Waals surface area contributed by atoms with Crippen LogP contribution in [-0.4, -0.2) is 33.5 Å². The number of rotatable bonds is 1. The van der Waals surface area contributed by atoms with E-state index in [1.165, 1.54) is 4.90 Å². The largest absolute Gasteiger partial charge is 0.465 e. The highest BCUT2D eigenvalue weighted by molar-refractivity contribution is 6.52. The van der Waals surface area contributed by atoms with Crippen LogP contribution in [0.25, 0.3) is 0 Å². The van der Waals surface area contributed by atoms with Crippen molar-refractivity contribution in [3.8, 4) is 0 Å². The number of amides is 1. The molecule has 1 amide bonds. The number of benzene rings is 1. The number of carbonyl (C=O) groups is 1. The van der Waals surface area contributed by atoms with Gasteiger partial charge in [-0.05, 0) is 18.4 Å². The molecule has 1 aromatic carbocycles. The highest BCUT2D eigenvalue weighted by Crippen LogP contribution is 2.77. The van der Waals surface area contributed by atoms with Gasteiger partial charge in [-0.3, -0.25) is 0 Å². The molecule has 1 aromatic rings. The molecule has 0 radical (unpaired) electrons. The van der Waals surface area contributed by atoms with Crippen molar-refractivity contribution < 1.29 is 9.90 Å². The lowest BCUT2D eigenvalue weighted by Crippen LogP contribution is -2.39. The van der Waals surface area contributed by atoms with Crippen LogP contribution in [0, 0.1) is 5.41 Å². The molecule has 5 heteroatoms. The SMILES string of the molecule is O=C(O)N1CCC2(CC1)[C@@H](c1ccccc1)C2(Cl)Cl. The fraction of sp³-hybridized carbons (Fsp3) is 0.500. The number of likely N-dealkylation sites (tertiary alicyclic amines) is 1. The molecule has 0 unspecified atom stereocenters. The van der Waals surface area contributed by atoms with Gasteiger partial charge in [-0.15, -0.1) is 23.2 Å². The first kappa shape index (κ1) is 13.1. The van der Waals surface area contributed by atoms with Crippen molar-refractivity contribution in [1.29, 1.82) is 0 Å². The van der Waals surface area contributed by atoms with E-state index in [0.717, 1.165) is 18.4 Å². The van der Waals surface area contributed by atoms with Crippen LogP contribution >= 0.6 is 23.2 Å². The lowest BCUT2D eigenvalue weighted by Gasteiger charge is -2.31. The van der Waals surface area contributed by atoms with Crippen LogP contribution in [0.2, 0.25) is 0 Å². The quantitative estimate of drug-likeness (QED) is 0.803. The van der Waals surface area contributed by atoms with E-state index in [-0.39, 0.29) is 11.3 Å². The van der Waals surface area contributed by atoms with Crippen molar-refractivity contribution in [2.24, 2.45) is 5.41 Å². The molecule has 102 valence electrons. The van der Waals surface area contributed by atoms with Gasteiger partial charge in [0, 0.05) is 24.4 Å². The van der Waals surface area contributed by atoms with Gasteiger partial charge in [0.25, 0.3) is 0 Å². The summed E-state index contributed by atoms with van der Waals surface area (Å²) in [7, 11) is 0. The monoisotopic (exact) mass is 299 g/mol. The summed E-state index contributed by atoms with van der Waals surface area (Å²) < 4.78 is -0.765. The lowest BCUT2D eigenvalue weighted by atomic mass is 9.89. The van der Waals surface area contributed by atoms with Crippen molar-refractivity contribution >= 4 is 29.3 Å². The predicted molar refractivity (Wildman–Crippen MR) is 74.9 cm³/mol. The first-order valence-corrected chi connectivity index (χ1v) is 7.15. The van der Waals surface area contributed by atoms with Crippen molar-refractivity contribution in [1.82, 2.24) is 4.90 Å². The van der Waals surface area contributed by atoms with E-state index in [0.29, 0.717) is 13.1 Å².